The largest absolute Gasteiger partial charge is 0.472 e. The SMILES string of the molecule is CCCCCCC/C=C\C/C=C\CCCCCCCCCCCCCC(=O)NC(COP(=O)(O)OCC[N+](C)(C)C)C(O)/C=C/CCCCCCC. The molecular weight excluding hydrogens is 671 g/mol. The molecule has 0 aromatic rings. The number of allylic oxidation sites excluding steroid dienone is 5. The fourth-order valence-corrected chi connectivity index (χ4v) is 6.63. The molecule has 0 rings (SSSR count). The van der Waals surface area contributed by atoms with Crippen LogP contribution in [0.5, 0.6) is 0 Å². The summed E-state index contributed by atoms with van der Waals surface area (Å²) in [4.78, 5) is 23.0. The zero-order valence-electron chi connectivity index (χ0n) is 34.5. The predicted molar refractivity (Wildman–Crippen MR) is 221 cm³/mol. The number of carbonyl (C=O) groups is 1. The number of carbonyl (C=O) groups excluding carboxylic acids is 1. The summed E-state index contributed by atoms with van der Waals surface area (Å²) in [7, 11) is 1.56. The molecule has 3 N–H and O–H groups in total. The molecule has 0 spiro atoms. The van der Waals surface area contributed by atoms with Crippen molar-refractivity contribution in [2.75, 3.05) is 40.9 Å². The summed E-state index contributed by atoms with van der Waals surface area (Å²) in [6, 6.07) is -0.843. The Kier molecular flexibility index (Phi) is 34.6. The van der Waals surface area contributed by atoms with E-state index in [1.165, 1.54) is 116 Å². The minimum Gasteiger partial charge on any atom is -0.387 e. The summed E-state index contributed by atoms with van der Waals surface area (Å²) in [6.07, 6.45) is 42.3. The van der Waals surface area contributed by atoms with Gasteiger partial charge in [0.25, 0.3) is 0 Å². The van der Waals surface area contributed by atoms with Gasteiger partial charge in [0.2, 0.25) is 5.91 Å². The van der Waals surface area contributed by atoms with Crippen LogP contribution in [0.3, 0.4) is 0 Å². The highest BCUT2D eigenvalue weighted by Crippen LogP contribution is 2.43. The van der Waals surface area contributed by atoms with Crippen LogP contribution in [0, 0.1) is 0 Å². The van der Waals surface area contributed by atoms with Gasteiger partial charge in [0.1, 0.15) is 13.2 Å². The minimum atomic E-state index is -4.32. The number of phosphoric acid groups is 1. The number of hydrogen-bond acceptors (Lipinski definition) is 5. The number of unbranched alkanes of at least 4 members (excludes halogenated alkanes) is 21. The van der Waals surface area contributed by atoms with Crippen molar-refractivity contribution in [1.29, 1.82) is 0 Å². The standard InChI is InChI=1S/C43H83N2O6P/c1-6-8-10-12-14-15-16-17-18-19-20-21-22-23-24-25-26-27-28-29-31-33-35-37-43(47)44-41(42(46)36-34-32-30-13-11-9-7-2)40-51-52(48,49)50-39-38-45(3,4)5/h16-17,19-20,34,36,41-42,46H,6-15,18,21-33,35,37-40H2,1-5H3,(H-,44,47,48,49)/p+1/b17-16-,20-19-,36-34+. The third-order valence-electron chi connectivity index (χ3n) is 9.35. The quantitative estimate of drug-likeness (QED) is 0.0251. The van der Waals surface area contributed by atoms with Crippen molar-refractivity contribution in [1.82, 2.24) is 5.32 Å². The number of quaternary nitrogens is 1. The number of hydrogen-bond donors (Lipinski definition) is 3. The lowest BCUT2D eigenvalue weighted by molar-refractivity contribution is -0.870. The van der Waals surface area contributed by atoms with Crippen molar-refractivity contribution in [2.24, 2.45) is 0 Å². The van der Waals surface area contributed by atoms with Gasteiger partial charge in [-0.05, 0) is 51.4 Å². The van der Waals surface area contributed by atoms with Crippen LogP contribution >= 0.6 is 7.82 Å². The smallest absolute Gasteiger partial charge is 0.387 e. The predicted octanol–water partition coefficient (Wildman–Crippen LogP) is 11.5. The highest BCUT2D eigenvalue weighted by Gasteiger charge is 2.27. The van der Waals surface area contributed by atoms with Gasteiger partial charge >= 0.3 is 7.82 Å². The van der Waals surface area contributed by atoms with Gasteiger partial charge in [-0.25, -0.2) is 4.57 Å². The molecule has 8 nitrogen and oxygen atoms in total. The molecule has 0 bridgehead atoms. The zero-order valence-corrected chi connectivity index (χ0v) is 35.4. The van der Waals surface area contributed by atoms with Gasteiger partial charge in [0.15, 0.2) is 0 Å². The molecule has 0 aliphatic carbocycles. The maximum atomic E-state index is 12.8. The molecule has 0 fully saturated rings. The van der Waals surface area contributed by atoms with Gasteiger partial charge in [-0.2, -0.15) is 0 Å². The summed E-state index contributed by atoms with van der Waals surface area (Å²) in [5.41, 5.74) is 0. The van der Waals surface area contributed by atoms with E-state index in [1.807, 2.05) is 27.2 Å². The van der Waals surface area contributed by atoms with Crippen LogP contribution in [0.15, 0.2) is 36.5 Å². The maximum absolute atomic E-state index is 12.8. The third kappa shape index (κ3) is 37.1. The Bertz CT molecular complexity index is 948. The molecule has 1 amide bonds. The number of aliphatic hydroxyl groups is 1. The molecule has 0 saturated heterocycles. The fraction of sp³-hybridized carbons (Fsp3) is 0.837. The highest BCUT2D eigenvalue weighted by molar-refractivity contribution is 7.47. The van der Waals surface area contributed by atoms with E-state index in [2.05, 4.69) is 43.5 Å². The van der Waals surface area contributed by atoms with E-state index >= 15 is 0 Å². The van der Waals surface area contributed by atoms with Gasteiger partial charge in [-0.1, -0.05) is 159 Å². The van der Waals surface area contributed by atoms with E-state index < -0.39 is 20.0 Å². The lowest BCUT2D eigenvalue weighted by Crippen LogP contribution is -2.45. The highest BCUT2D eigenvalue weighted by atomic mass is 31.2. The Balaban J connectivity index is 4.17. The molecule has 0 radical (unpaired) electrons. The van der Waals surface area contributed by atoms with Gasteiger partial charge in [-0.3, -0.25) is 13.8 Å². The van der Waals surface area contributed by atoms with Crippen molar-refractivity contribution in [3.8, 4) is 0 Å². The molecule has 3 unspecified atom stereocenters. The molecule has 0 aromatic heterocycles. The molecule has 9 heteroatoms. The van der Waals surface area contributed by atoms with Crippen molar-refractivity contribution in [2.45, 2.75) is 193 Å². The second-order valence-corrected chi connectivity index (χ2v) is 17.2. The second kappa shape index (κ2) is 35.4. The van der Waals surface area contributed by atoms with Crippen molar-refractivity contribution < 1.29 is 32.9 Å². The number of aliphatic hydroxyl groups excluding tert-OH is 1. The van der Waals surface area contributed by atoms with E-state index in [9.17, 15) is 19.4 Å². The minimum absolute atomic E-state index is 0.0603. The first-order valence-corrected chi connectivity index (χ1v) is 22.9. The lowest BCUT2D eigenvalue weighted by Gasteiger charge is -2.25. The number of nitrogens with one attached hydrogen (secondary N) is 1. The van der Waals surface area contributed by atoms with Gasteiger partial charge in [-0.15, -0.1) is 0 Å². The Morgan fingerprint density at radius 2 is 1.10 bits per heavy atom. The van der Waals surface area contributed by atoms with Gasteiger partial charge in [0, 0.05) is 6.42 Å². The molecule has 3 atom stereocenters. The Hall–Kier alpha value is -1.28. The molecule has 0 heterocycles. The van der Waals surface area contributed by atoms with E-state index in [0.717, 1.165) is 44.9 Å². The van der Waals surface area contributed by atoms with E-state index in [1.54, 1.807) is 6.08 Å². The third-order valence-corrected chi connectivity index (χ3v) is 10.3. The maximum Gasteiger partial charge on any atom is 0.472 e. The monoisotopic (exact) mass is 756 g/mol. The molecule has 306 valence electrons. The molecule has 0 saturated carbocycles. The first kappa shape index (κ1) is 50.7. The fourth-order valence-electron chi connectivity index (χ4n) is 5.89. The molecular formula is C43H84N2O6P+. The van der Waals surface area contributed by atoms with Crippen molar-refractivity contribution >= 4 is 13.7 Å². The molecule has 0 aliphatic rings. The van der Waals surface area contributed by atoms with Crippen LogP contribution in [0.1, 0.15) is 181 Å². The second-order valence-electron chi connectivity index (χ2n) is 15.7. The number of amides is 1. The first-order chi connectivity index (χ1) is 25.0. The average molecular weight is 756 g/mol. The van der Waals surface area contributed by atoms with E-state index in [4.69, 9.17) is 9.05 Å². The molecule has 52 heavy (non-hydrogen) atoms. The van der Waals surface area contributed by atoms with Crippen molar-refractivity contribution in [3.63, 3.8) is 0 Å². The summed E-state index contributed by atoms with van der Waals surface area (Å²) in [6.45, 7) is 4.73. The topological polar surface area (TPSA) is 105 Å². The van der Waals surface area contributed by atoms with E-state index in [0.29, 0.717) is 17.4 Å². The van der Waals surface area contributed by atoms with Crippen LogP contribution in [0.25, 0.3) is 0 Å². The van der Waals surface area contributed by atoms with Crippen LogP contribution in [0.4, 0.5) is 0 Å². The number of rotatable bonds is 38. The normalized spacial score (nSPS) is 14.8. The van der Waals surface area contributed by atoms with Crippen LogP contribution < -0.4 is 5.32 Å². The number of phosphoric ester groups is 1. The Morgan fingerprint density at radius 3 is 1.58 bits per heavy atom. The summed E-state index contributed by atoms with van der Waals surface area (Å²) < 4.78 is 23.4. The van der Waals surface area contributed by atoms with Crippen LogP contribution in [0.2, 0.25) is 0 Å². The number of likely N-dealkylation sites (N-methyl/N-ethyl adjacent to an activating group) is 1. The average Bonchev–Trinajstić information content (AvgIpc) is 3.09. The summed E-state index contributed by atoms with van der Waals surface area (Å²) in [5, 5.41) is 13.7. The Morgan fingerprint density at radius 1 is 0.654 bits per heavy atom. The molecule has 0 aliphatic heterocycles. The summed E-state index contributed by atoms with van der Waals surface area (Å²) in [5.74, 6) is -0.185. The van der Waals surface area contributed by atoms with Crippen LogP contribution in [-0.4, -0.2) is 73.4 Å². The summed E-state index contributed by atoms with van der Waals surface area (Å²) >= 11 is 0. The van der Waals surface area contributed by atoms with Gasteiger partial charge < -0.3 is 19.8 Å². The van der Waals surface area contributed by atoms with Gasteiger partial charge in [0.05, 0.1) is 39.9 Å². The molecule has 0 aromatic carbocycles. The van der Waals surface area contributed by atoms with E-state index in [-0.39, 0.29) is 19.1 Å². The first-order valence-electron chi connectivity index (χ1n) is 21.4. The lowest BCUT2D eigenvalue weighted by atomic mass is 10.0. The Labute approximate surface area is 321 Å². The zero-order chi connectivity index (χ0) is 38.6. The van der Waals surface area contributed by atoms with Crippen molar-refractivity contribution in [3.05, 3.63) is 36.5 Å². The number of nitrogens with zero attached hydrogens (tertiary/aromatic N) is 1. The van der Waals surface area contributed by atoms with Crippen LogP contribution in [-0.2, 0) is 18.4 Å².